The quantitative estimate of drug-likeness (QED) is 0.0239. The van der Waals surface area contributed by atoms with Gasteiger partial charge in [-0.3, -0.25) is 38.4 Å². The lowest BCUT2D eigenvalue weighted by molar-refractivity contribution is -0.334. The van der Waals surface area contributed by atoms with Gasteiger partial charge in [-0.15, -0.1) is 0 Å². The number of aliphatic hydroxyl groups is 11. The third-order valence-electron chi connectivity index (χ3n) is 23.2. The smallest absolute Gasteiger partial charge is 0.330 e. The fourth-order valence-electron chi connectivity index (χ4n) is 15.9. The second-order valence-electron chi connectivity index (χ2n) is 33.3. The number of ether oxygens (including phenoxy) is 6. The van der Waals surface area contributed by atoms with Crippen LogP contribution in [0.2, 0.25) is 10.0 Å². The molecule has 0 aliphatic carbocycles. The molecular formula is C86H115Cl2N11O30. The SMILES string of the molecule is CCCCCCCCCCN[C@@]1(C)C[C@H](O[C@H]2[C@H](Oc3c4cc5cc3Oc3ccc(cc3Cl)[C@@H](O)[C@@H](NC(=O)[C@@H](CC(C)C)NC)C(=O)N[C@@H](CC(N)=O)C(=O)N[C@H]5C(=O)N[C@H]3C(=O)N[C@H](C(=O)N[C@H](C(=O)O)c5cc(O)c(CNCCCNC(=O)[C@H](O)[C@@H](O)[C@H](O)[C@H](O)CO)c(O)c5-c5cc3ccc5O)[C@H](O)c3ccc(c(Cl)c3)O4)O[C@H](CO)[C@@H](O)[C@@H]2O)O[C@@H](C)[C@H]1O. The molecule has 0 radical (unpaired) electrons. The Morgan fingerprint density at radius 1 is 0.659 bits per heavy atom. The summed E-state index contributed by atoms with van der Waals surface area (Å²) in [6.45, 7) is 6.66. The van der Waals surface area contributed by atoms with Crippen LogP contribution in [-0.4, -0.2) is 273 Å². The highest BCUT2D eigenvalue weighted by Crippen LogP contribution is 2.51. The molecule has 708 valence electrons. The third kappa shape index (κ3) is 24.4. The van der Waals surface area contributed by atoms with Gasteiger partial charge in [0.2, 0.25) is 53.4 Å². The number of carboxylic acid groups (broad SMARTS) is 1. The Balaban J connectivity index is 1.15. The fourth-order valence-corrected chi connectivity index (χ4v) is 16.4. The first-order valence-corrected chi connectivity index (χ1v) is 43.2. The number of carbonyl (C=O) groups is 9. The van der Waals surface area contributed by atoms with E-state index in [4.69, 9.17) is 62.5 Å². The van der Waals surface area contributed by atoms with Crippen LogP contribution in [0.1, 0.15) is 175 Å². The lowest BCUT2D eigenvalue weighted by Gasteiger charge is -2.48. The minimum atomic E-state index is -2.43. The maximum Gasteiger partial charge on any atom is 0.330 e. The van der Waals surface area contributed by atoms with Crippen molar-refractivity contribution in [3.63, 3.8) is 0 Å². The van der Waals surface area contributed by atoms with E-state index in [9.17, 15) is 90.7 Å². The molecule has 7 aliphatic rings. The molecule has 7 heterocycles. The molecule has 5 aromatic rings. The molecule has 8 amide bonds. The standard InChI is InChI=1S/C86H115Cl2N11O30/c1-7-8-9-10-11-12-13-14-24-93-86(5)33-59(124-38(4)76(86)114)128-75-72(112)70(110)57(36-101)127-85(75)129-74-55-29-42-30-56(74)126-54-21-18-41(28-47(54)88)67(107)65-82(120)97-63(84(122)123)44-31-51(103)45(34-91-22-15-23-92-83(121)73(113)71(111)69(109)52(104)35-100)68(108)60(44)43-26-39(16-19-50(43)102)61(79(117)99-65)96-80(118)62(42)95-78(116)49(32-58(89)105)94-81(119)64(98-77(115)48(90-6)25-37(2)3)66(106)40-17-20-53(125-55)46(87)27-40/h16-21,26-31,37-38,48-49,52,57,59,61-67,69-73,75-76,85,90-91,93,100-104,106-114H,7-15,22-25,32-36H2,1-6H3,(H2,89,105)(H,92,121)(H,94,119)(H,95,116)(H,96,118)(H,97,120)(H,98,115)(H,99,117)(H,122,123)/t38-,48+,49-,52+,57+,59-,61+,62+,63-,64+,65-,66+,67+,69+,70+,71-,72-,73+,75+,76+,85-,86-/m0/s1. The average molecular weight is 1850 g/mol. The van der Waals surface area contributed by atoms with Crippen LogP contribution in [0.3, 0.4) is 0 Å². The molecule has 43 heteroatoms. The summed E-state index contributed by atoms with van der Waals surface area (Å²) in [6, 6.07) is -2.31. The van der Waals surface area contributed by atoms with Gasteiger partial charge in [0.25, 0.3) is 5.91 Å². The fraction of sp³-hybridized carbons (Fsp3) is 0.547. The van der Waals surface area contributed by atoms with Gasteiger partial charge in [-0.1, -0.05) is 107 Å². The average Bonchev–Trinajstić information content (AvgIpc) is 0.763. The molecule has 7 aliphatic heterocycles. The van der Waals surface area contributed by atoms with Crippen LogP contribution in [0.25, 0.3) is 11.1 Å². The van der Waals surface area contributed by atoms with Crippen molar-refractivity contribution in [1.82, 2.24) is 53.2 Å². The van der Waals surface area contributed by atoms with Crippen LogP contribution in [0.5, 0.6) is 46.0 Å². The summed E-state index contributed by atoms with van der Waals surface area (Å²) in [6.07, 6.45) is -19.0. The summed E-state index contributed by atoms with van der Waals surface area (Å²) in [4.78, 5) is 132. The van der Waals surface area contributed by atoms with E-state index < -0.39 is 292 Å². The number of phenols is 3. The maximum atomic E-state index is 16.4. The first-order chi connectivity index (χ1) is 61.2. The van der Waals surface area contributed by atoms with Gasteiger partial charge in [-0.2, -0.15) is 0 Å². The molecular weight excluding hydrogens is 1740 g/mol. The van der Waals surface area contributed by atoms with E-state index in [1.54, 1.807) is 13.8 Å². The van der Waals surface area contributed by atoms with Crippen LogP contribution in [-0.2, 0) is 63.9 Å². The molecule has 2 fully saturated rings. The van der Waals surface area contributed by atoms with Gasteiger partial charge < -0.3 is 164 Å². The van der Waals surface area contributed by atoms with Gasteiger partial charge in [0.1, 0.15) is 108 Å². The number of amides is 8. The molecule has 5 aromatic carbocycles. The largest absolute Gasteiger partial charge is 0.507 e. The van der Waals surface area contributed by atoms with Crippen molar-refractivity contribution in [2.75, 3.05) is 39.9 Å². The highest BCUT2D eigenvalue weighted by Gasteiger charge is 2.53. The molecule has 0 unspecified atom stereocenters. The van der Waals surface area contributed by atoms with Crippen molar-refractivity contribution >= 4 is 76.4 Å². The van der Waals surface area contributed by atoms with E-state index in [0.717, 1.165) is 112 Å². The number of hydrogen-bond donors (Lipinski definition) is 26. The molecule has 0 spiro atoms. The number of aliphatic hydroxyl groups excluding tert-OH is 11. The number of nitrogens with one attached hydrogen (secondary N) is 10. The zero-order valence-electron chi connectivity index (χ0n) is 71.5. The topological polar surface area (TPSA) is 659 Å². The molecule has 2 saturated heterocycles. The van der Waals surface area contributed by atoms with Crippen LogP contribution in [0.15, 0.2) is 72.8 Å². The van der Waals surface area contributed by atoms with Crippen molar-refractivity contribution in [2.45, 2.75) is 252 Å². The van der Waals surface area contributed by atoms with Gasteiger partial charge in [0.15, 0.2) is 36.0 Å². The number of unbranched alkanes of at least 4 members (excludes halogenated alkanes) is 7. The number of nitrogens with two attached hydrogens (primary N) is 1. The van der Waals surface area contributed by atoms with Crippen LogP contribution < -0.4 is 73.1 Å². The first-order valence-electron chi connectivity index (χ1n) is 42.5. The predicted octanol–water partition coefficient (Wildman–Crippen LogP) is -0.0904. The highest BCUT2D eigenvalue weighted by atomic mass is 35.5. The van der Waals surface area contributed by atoms with Crippen LogP contribution in [0, 0.1) is 5.92 Å². The molecule has 129 heavy (non-hydrogen) atoms. The van der Waals surface area contributed by atoms with Gasteiger partial charge >= 0.3 is 5.97 Å². The van der Waals surface area contributed by atoms with Gasteiger partial charge in [0, 0.05) is 41.7 Å². The van der Waals surface area contributed by atoms with Crippen molar-refractivity contribution in [1.29, 1.82) is 0 Å². The third-order valence-corrected chi connectivity index (χ3v) is 23.8. The van der Waals surface area contributed by atoms with Crippen molar-refractivity contribution in [3.05, 3.63) is 116 Å². The van der Waals surface area contributed by atoms with E-state index in [-0.39, 0.29) is 60.2 Å². The summed E-state index contributed by atoms with van der Waals surface area (Å²) < 4.78 is 39.5. The number of aromatic hydroxyl groups is 3. The number of hydrogen-bond acceptors (Lipinski definition) is 32. The number of phenolic OH excluding ortho intramolecular Hbond substituents is 3. The van der Waals surface area contributed by atoms with Crippen LogP contribution in [0.4, 0.5) is 0 Å². The number of benzene rings is 5. The molecule has 0 aromatic heterocycles. The minimum Gasteiger partial charge on any atom is -0.507 e. The van der Waals surface area contributed by atoms with Crippen molar-refractivity contribution in [3.8, 4) is 57.1 Å². The van der Waals surface area contributed by atoms with Crippen LogP contribution >= 0.6 is 23.2 Å². The zero-order valence-corrected chi connectivity index (χ0v) is 73.0. The molecule has 0 saturated carbocycles. The van der Waals surface area contributed by atoms with Crippen molar-refractivity contribution in [2.24, 2.45) is 11.7 Å². The zero-order chi connectivity index (χ0) is 94.3. The first kappa shape index (κ1) is 101. The number of carbonyl (C=O) groups excluding carboxylic acids is 8. The highest BCUT2D eigenvalue weighted by molar-refractivity contribution is 6.32. The Hall–Kier alpha value is -9.97. The Bertz CT molecular complexity index is 4830. The summed E-state index contributed by atoms with van der Waals surface area (Å²) in [5.74, 6) is -18.1. The second-order valence-corrected chi connectivity index (χ2v) is 34.1. The molecule has 11 bridgehead atoms. The van der Waals surface area contributed by atoms with E-state index >= 15 is 24.0 Å². The van der Waals surface area contributed by atoms with Gasteiger partial charge in [-0.05, 0) is 136 Å². The number of fused-ring (bicyclic) bond motifs is 15. The second kappa shape index (κ2) is 45.2. The number of likely N-dealkylation sites (N-methyl/N-ethyl adjacent to an activating group) is 1. The van der Waals surface area contributed by atoms with E-state index in [0.29, 0.717) is 6.54 Å². The van der Waals surface area contributed by atoms with Gasteiger partial charge in [0.05, 0.1) is 53.5 Å². The number of carboxylic acids is 1. The van der Waals surface area contributed by atoms with Crippen molar-refractivity contribution < 1.29 is 148 Å². The Morgan fingerprint density at radius 3 is 1.88 bits per heavy atom. The minimum absolute atomic E-state index is 0.0129. The normalized spacial score (nSPS) is 26.6. The molecule has 22 atom stereocenters. The summed E-state index contributed by atoms with van der Waals surface area (Å²) in [7, 11) is 1.46. The summed E-state index contributed by atoms with van der Waals surface area (Å²) >= 11 is 14.4. The molecule has 41 nitrogen and oxygen atoms in total. The van der Waals surface area contributed by atoms with E-state index in [2.05, 4.69) is 60.1 Å². The number of halogens is 2. The van der Waals surface area contributed by atoms with E-state index in [1.165, 1.54) is 19.2 Å². The molecule has 12 rings (SSSR count). The maximum absolute atomic E-state index is 16.4. The predicted molar refractivity (Wildman–Crippen MR) is 456 cm³/mol. The lowest BCUT2D eigenvalue weighted by Crippen LogP contribution is -2.65. The Kier molecular flexibility index (Phi) is 35.5. The lowest BCUT2D eigenvalue weighted by atomic mass is 9.84. The van der Waals surface area contributed by atoms with Gasteiger partial charge in [-0.25, -0.2) is 4.79 Å². The summed E-state index contributed by atoms with van der Waals surface area (Å²) in [5, 5.41) is 194. The Morgan fingerprint density at radius 2 is 1.27 bits per heavy atom. The Labute approximate surface area is 751 Å². The number of aliphatic carboxylic acids is 1. The number of primary amides is 1. The summed E-state index contributed by atoms with van der Waals surface area (Å²) in [5.41, 5.74) is 0.841. The molecule has 27 N–H and O–H groups in total. The number of rotatable bonds is 34. The monoisotopic (exact) mass is 1850 g/mol. The van der Waals surface area contributed by atoms with E-state index in [1.807, 2.05) is 13.8 Å².